The van der Waals surface area contributed by atoms with Gasteiger partial charge in [-0.3, -0.25) is 9.36 Å². The summed E-state index contributed by atoms with van der Waals surface area (Å²) in [5, 5.41) is 12.8. The summed E-state index contributed by atoms with van der Waals surface area (Å²) in [5.74, 6) is 2.14. The zero-order chi connectivity index (χ0) is 23.9. The van der Waals surface area contributed by atoms with Crippen LogP contribution in [0.2, 0.25) is 5.02 Å². The highest BCUT2D eigenvalue weighted by Gasteiger charge is 2.18. The molecule has 0 aliphatic heterocycles. The van der Waals surface area contributed by atoms with Gasteiger partial charge in [0.25, 0.3) is 0 Å². The Bertz CT molecular complexity index is 1260. The van der Waals surface area contributed by atoms with Crippen LogP contribution in [0.25, 0.3) is 17.1 Å². The molecule has 0 radical (unpaired) electrons. The number of amides is 1. The number of thioether (sulfide) groups is 1. The molecule has 0 unspecified atom stereocenters. The van der Waals surface area contributed by atoms with Crippen molar-refractivity contribution in [3.8, 4) is 28.6 Å². The van der Waals surface area contributed by atoms with Crippen molar-refractivity contribution in [3.63, 3.8) is 0 Å². The van der Waals surface area contributed by atoms with Gasteiger partial charge >= 0.3 is 0 Å². The standard InChI is InChI=1S/C25H23ClN4O3S/c1-3-33-22-13-9-20(10-14-22)30-24(17-5-4-6-18(26)15-17)28-29-25(30)34-16-23(31)27-19-7-11-21(32-2)12-8-19/h4-15H,3,16H2,1-2H3,(H,27,31). The molecule has 0 saturated carbocycles. The van der Waals surface area contributed by atoms with E-state index in [1.165, 1.54) is 11.8 Å². The average molecular weight is 495 g/mol. The Hall–Kier alpha value is -3.49. The first-order valence-electron chi connectivity index (χ1n) is 10.6. The highest BCUT2D eigenvalue weighted by Crippen LogP contribution is 2.30. The zero-order valence-electron chi connectivity index (χ0n) is 18.7. The van der Waals surface area contributed by atoms with Crippen LogP contribution in [0.3, 0.4) is 0 Å². The van der Waals surface area contributed by atoms with Crippen molar-refractivity contribution in [2.45, 2.75) is 12.1 Å². The smallest absolute Gasteiger partial charge is 0.234 e. The van der Waals surface area contributed by atoms with Crippen molar-refractivity contribution in [3.05, 3.63) is 77.8 Å². The van der Waals surface area contributed by atoms with Gasteiger partial charge in [-0.1, -0.05) is 35.5 Å². The van der Waals surface area contributed by atoms with E-state index in [-0.39, 0.29) is 11.7 Å². The van der Waals surface area contributed by atoms with E-state index in [1.807, 2.05) is 60.0 Å². The molecular formula is C25H23ClN4O3S. The largest absolute Gasteiger partial charge is 0.497 e. The SMILES string of the molecule is CCOc1ccc(-n2c(SCC(=O)Nc3ccc(OC)cc3)nnc2-c2cccc(Cl)c2)cc1. The number of benzene rings is 3. The maximum absolute atomic E-state index is 12.6. The van der Waals surface area contributed by atoms with E-state index in [0.717, 1.165) is 22.7 Å². The third-order valence-corrected chi connectivity index (χ3v) is 5.99. The molecular weight excluding hydrogens is 472 g/mol. The molecule has 1 amide bonds. The maximum Gasteiger partial charge on any atom is 0.234 e. The third-order valence-electron chi connectivity index (χ3n) is 4.83. The summed E-state index contributed by atoms with van der Waals surface area (Å²) in [7, 11) is 1.60. The predicted octanol–water partition coefficient (Wildman–Crippen LogP) is 5.73. The van der Waals surface area contributed by atoms with Gasteiger partial charge in [0.2, 0.25) is 5.91 Å². The molecule has 174 valence electrons. The number of anilines is 1. The van der Waals surface area contributed by atoms with Gasteiger partial charge in [0.15, 0.2) is 11.0 Å². The second kappa shape index (κ2) is 11.1. The Morgan fingerprint density at radius 1 is 1.03 bits per heavy atom. The first-order valence-corrected chi connectivity index (χ1v) is 11.9. The number of hydrogen-bond acceptors (Lipinski definition) is 6. The molecule has 0 aliphatic rings. The van der Waals surface area contributed by atoms with E-state index in [9.17, 15) is 4.79 Å². The molecule has 7 nitrogen and oxygen atoms in total. The van der Waals surface area contributed by atoms with Crippen molar-refractivity contribution in [2.24, 2.45) is 0 Å². The summed E-state index contributed by atoms with van der Waals surface area (Å²) in [6, 6.07) is 22.3. The number of ether oxygens (including phenoxy) is 2. The fourth-order valence-electron chi connectivity index (χ4n) is 3.27. The van der Waals surface area contributed by atoms with Crippen LogP contribution in [-0.2, 0) is 4.79 Å². The number of aromatic nitrogens is 3. The highest BCUT2D eigenvalue weighted by molar-refractivity contribution is 7.99. The number of nitrogens with zero attached hydrogens (tertiary/aromatic N) is 3. The second-order valence-electron chi connectivity index (χ2n) is 7.14. The second-order valence-corrected chi connectivity index (χ2v) is 8.52. The Kier molecular flexibility index (Phi) is 7.72. The molecule has 0 spiro atoms. The molecule has 9 heteroatoms. The summed E-state index contributed by atoms with van der Waals surface area (Å²) in [6.07, 6.45) is 0. The predicted molar refractivity (Wildman–Crippen MR) is 135 cm³/mol. The van der Waals surface area contributed by atoms with Crippen LogP contribution in [0.5, 0.6) is 11.5 Å². The van der Waals surface area contributed by atoms with Gasteiger partial charge in [0, 0.05) is 22.0 Å². The van der Waals surface area contributed by atoms with Crippen molar-refractivity contribution >= 4 is 35.0 Å². The summed E-state index contributed by atoms with van der Waals surface area (Å²) in [6.45, 7) is 2.53. The number of rotatable bonds is 9. The Morgan fingerprint density at radius 3 is 2.44 bits per heavy atom. The molecule has 1 heterocycles. The first kappa shape index (κ1) is 23.7. The molecule has 34 heavy (non-hydrogen) atoms. The van der Waals surface area contributed by atoms with E-state index < -0.39 is 0 Å². The molecule has 0 bridgehead atoms. The summed E-state index contributed by atoms with van der Waals surface area (Å²) in [4.78, 5) is 12.6. The Balaban J connectivity index is 1.58. The molecule has 4 aromatic rings. The van der Waals surface area contributed by atoms with E-state index >= 15 is 0 Å². The number of hydrogen-bond donors (Lipinski definition) is 1. The number of halogens is 1. The molecule has 1 N–H and O–H groups in total. The average Bonchev–Trinajstić information content (AvgIpc) is 3.28. The van der Waals surface area contributed by atoms with Crippen molar-refractivity contribution in [2.75, 3.05) is 24.8 Å². The third kappa shape index (κ3) is 5.70. The highest BCUT2D eigenvalue weighted by atomic mass is 35.5. The fourth-order valence-corrected chi connectivity index (χ4v) is 4.21. The molecule has 3 aromatic carbocycles. The van der Waals surface area contributed by atoms with E-state index in [1.54, 1.807) is 31.4 Å². The number of methoxy groups -OCH3 is 1. The van der Waals surface area contributed by atoms with Crippen LogP contribution in [0, 0.1) is 0 Å². The van der Waals surface area contributed by atoms with E-state index in [4.69, 9.17) is 21.1 Å². The van der Waals surface area contributed by atoms with Gasteiger partial charge in [-0.15, -0.1) is 10.2 Å². The molecule has 4 rings (SSSR count). The number of carbonyl (C=O) groups is 1. The minimum Gasteiger partial charge on any atom is -0.497 e. The molecule has 1 aromatic heterocycles. The van der Waals surface area contributed by atoms with Crippen LogP contribution < -0.4 is 14.8 Å². The van der Waals surface area contributed by atoms with Crippen molar-refractivity contribution < 1.29 is 14.3 Å². The van der Waals surface area contributed by atoms with Gasteiger partial charge in [0.05, 0.1) is 19.5 Å². The Morgan fingerprint density at radius 2 is 1.76 bits per heavy atom. The van der Waals surface area contributed by atoms with Gasteiger partial charge in [-0.2, -0.15) is 0 Å². The lowest BCUT2D eigenvalue weighted by molar-refractivity contribution is -0.113. The van der Waals surface area contributed by atoms with Gasteiger partial charge in [-0.25, -0.2) is 0 Å². The van der Waals surface area contributed by atoms with Crippen molar-refractivity contribution in [1.29, 1.82) is 0 Å². The van der Waals surface area contributed by atoms with Crippen LogP contribution in [0.15, 0.2) is 78.0 Å². The zero-order valence-corrected chi connectivity index (χ0v) is 20.3. The van der Waals surface area contributed by atoms with Gasteiger partial charge < -0.3 is 14.8 Å². The summed E-state index contributed by atoms with van der Waals surface area (Å²) < 4.78 is 12.6. The van der Waals surface area contributed by atoms with Crippen molar-refractivity contribution in [1.82, 2.24) is 14.8 Å². The molecule has 0 atom stereocenters. The van der Waals surface area contributed by atoms with Crippen LogP contribution in [0.4, 0.5) is 5.69 Å². The molecule has 0 aliphatic carbocycles. The minimum absolute atomic E-state index is 0.152. The monoisotopic (exact) mass is 494 g/mol. The summed E-state index contributed by atoms with van der Waals surface area (Å²) in [5.41, 5.74) is 2.36. The molecule has 0 fully saturated rings. The summed E-state index contributed by atoms with van der Waals surface area (Å²) >= 11 is 7.51. The van der Waals surface area contributed by atoms with Crippen LogP contribution in [0.1, 0.15) is 6.92 Å². The lowest BCUT2D eigenvalue weighted by Gasteiger charge is -2.12. The topological polar surface area (TPSA) is 78.3 Å². The first-order chi connectivity index (χ1) is 16.6. The van der Waals surface area contributed by atoms with E-state index in [2.05, 4.69) is 15.5 Å². The van der Waals surface area contributed by atoms with Gasteiger partial charge in [0.1, 0.15) is 11.5 Å². The maximum atomic E-state index is 12.6. The van der Waals surface area contributed by atoms with Crippen LogP contribution in [-0.4, -0.2) is 40.1 Å². The lowest BCUT2D eigenvalue weighted by atomic mass is 10.2. The van der Waals surface area contributed by atoms with Crippen LogP contribution >= 0.6 is 23.4 Å². The lowest BCUT2D eigenvalue weighted by Crippen LogP contribution is -2.14. The van der Waals surface area contributed by atoms with E-state index in [0.29, 0.717) is 28.3 Å². The fraction of sp³-hybridized carbons (Fsp3) is 0.160. The molecule has 0 saturated heterocycles. The number of carbonyl (C=O) groups excluding carboxylic acids is 1. The van der Waals surface area contributed by atoms with Gasteiger partial charge in [-0.05, 0) is 67.6 Å². The normalized spacial score (nSPS) is 10.7. The number of nitrogens with one attached hydrogen (secondary N) is 1. The quantitative estimate of drug-likeness (QED) is 0.299. The minimum atomic E-state index is -0.152. The Labute approximate surface area is 207 Å².